The minimum Gasteiger partial charge on any atom is -0.386 e. The number of halogens is 5. The smallest absolute Gasteiger partial charge is 0.230 e. The first-order chi connectivity index (χ1) is 66.8. The van der Waals surface area contributed by atoms with Crippen molar-refractivity contribution in [3.8, 4) is 17.1 Å². The minimum atomic E-state index is -1.35. The van der Waals surface area contributed by atoms with E-state index in [2.05, 4.69) is 56.7 Å². The summed E-state index contributed by atoms with van der Waals surface area (Å²) in [6.07, 6.45) is 18.1. The molecule has 724 valence electrons. The first-order valence-corrected chi connectivity index (χ1v) is 49.0. The number of anilines is 5. The predicted molar refractivity (Wildman–Crippen MR) is 537 cm³/mol. The van der Waals surface area contributed by atoms with Crippen LogP contribution in [0.4, 0.5) is 42.9 Å². The fourth-order valence-corrected chi connectivity index (χ4v) is 20.1. The van der Waals surface area contributed by atoms with Gasteiger partial charge in [-0.2, -0.15) is 0 Å². The van der Waals surface area contributed by atoms with E-state index in [9.17, 15) is 62.7 Å². The number of imidazole rings is 5. The Hall–Kier alpha value is -12.9. The standard InChI is InChI=1S/2C23H19ClFN3O2.C22H22FN3O2.C22H29N3O2.C20H25N3O2/c2*1-23(30,15-5-3-2-4-6-15)14-21(29)27-22-26-19-12-7-16(24)13-20(19)28(22)18-10-8-17(25)9-11-18;1-21(2,28)13-3-8-17-18(11-13)26(15-6-4-14(23)5-7-15)20(24-17)25-19(27)16-12-22(16)9-10-22;1-3-22(27,4-2)14-8-9-17-18(12-14)25(15-6-5-7-15)20(23-17)24-19(26)16-13-21(16)10-11-21;1-19(2,25)12-6-7-15-16(10-12)23(13-4-3-5-13)18(21-15)22-17(24)14-11-20(14)8-9-20/h2*2-13,30H,14H2,1H3,(H,26,27,29);3-8,11,16,28H,9-10,12H2,1-2H3,(H,24,25,27);8-9,12,15-16,27H,3-7,10-11,13H2,1-2H3,(H,23,24,26);6-7,10,13-14,25H,3-5,8-9,11H2,1-2H3,(H,21,22,24)/t2*23-;;;/m10.../s1. The molecule has 5 aromatic heterocycles. The van der Waals surface area contributed by atoms with Crippen molar-refractivity contribution in [2.24, 2.45) is 34.0 Å². The van der Waals surface area contributed by atoms with Crippen LogP contribution in [0.25, 0.3) is 72.2 Å². The summed E-state index contributed by atoms with van der Waals surface area (Å²) in [4.78, 5) is 86.6. The van der Waals surface area contributed by atoms with Crippen molar-refractivity contribution >= 4 is 138 Å². The highest BCUT2D eigenvalue weighted by atomic mass is 35.5. The molecule has 8 aliphatic rings. The molecule has 5 amide bonds. The molecule has 23 rings (SSSR count). The first kappa shape index (κ1) is 96.0. The largest absolute Gasteiger partial charge is 0.386 e. The number of nitrogens with zero attached hydrogens (tertiary/aromatic N) is 10. The van der Waals surface area contributed by atoms with Crippen molar-refractivity contribution in [1.29, 1.82) is 0 Å². The quantitative estimate of drug-likeness (QED) is 0.0269. The second-order valence-electron chi connectivity index (χ2n) is 40.8. The summed E-state index contributed by atoms with van der Waals surface area (Å²) in [7, 11) is 0. The highest BCUT2D eigenvalue weighted by molar-refractivity contribution is 6.31. The van der Waals surface area contributed by atoms with Gasteiger partial charge in [0.2, 0.25) is 59.3 Å². The molecule has 8 aliphatic carbocycles. The Kier molecular flexibility index (Phi) is 25.5. The van der Waals surface area contributed by atoms with Gasteiger partial charge in [0.05, 0.1) is 96.0 Å². The lowest BCUT2D eigenvalue weighted by atomic mass is 9.88. The van der Waals surface area contributed by atoms with Crippen LogP contribution in [0.3, 0.4) is 0 Å². The molecule has 5 atom stereocenters. The van der Waals surface area contributed by atoms with Crippen LogP contribution in [0.15, 0.2) is 224 Å². The Morgan fingerprint density at radius 1 is 0.357 bits per heavy atom. The van der Waals surface area contributed by atoms with Gasteiger partial charge in [-0.3, -0.25) is 64.3 Å². The van der Waals surface area contributed by atoms with Gasteiger partial charge < -0.3 is 34.7 Å². The van der Waals surface area contributed by atoms with Gasteiger partial charge in [0, 0.05) is 56.9 Å². The van der Waals surface area contributed by atoms with Crippen molar-refractivity contribution < 1.29 is 62.7 Å². The molecule has 0 aliphatic heterocycles. The lowest BCUT2D eigenvalue weighted by Crippen LogP contribution is -2.29. The Bertz CT molecular complexity index is 7070. The predicted octanol–water partition coefficient (Wildman–Crippen LogP) is 22.5. The zero-order valence-electron chi connectivity index (χ0n) is 79.3. The Balaban J connectivity index is 0.000000112. The van der Waals surface area contributed by atoms with E-state index in [1.807, 2.05) is 79.1 Å². The Morgan fingerprint density at radius 3 is 0.950 bits per heavy atom. The van der Waals surface area contributed by atoms with Crippen LogP contribution in [0.2, 0.25) is 10.0 Å². The highest BCUT2D eigenvalue weighted by Gasteiger charge is 2.67. The zero-order chi connectivity index (χ0) is 98.5. The number of hydrogen-bond donors (Lipinski definition) is 10. The van der Waals surface area contributed by atoms with Crippen molar-refractivity contribution in [2.75, 3.05) is 26.6 Å². The maximum absolute atomic E-state index is 13.5. The van der Waals surface area contributed by atoms with Gasteiger partial charge in [-0.1, -0.05) is 116 Å². The van der Waals surface area contributed by atoms with Gasteiger partial charge in [-0.25, -0.2) is 38.1 Å². The molecule has 8 saturated carbocycles. The number of carbonyl (C=O) groups is 5. The number of nitrogens with one attached hydrogen (secondary N) is 5. The number of benzene rings is 10. The molecule has 3 spiro atoms. The summed E-state index contributed by atoms with van der Waals surface area (Å²) in [5.41, 5.74) is 9.15. The molecule has 10 aromatic carbocycles. The molecule has 8 fully saturated rings. The summed E-state index contributed by atoms with van der Waals surface area (Å²) < 4.78 is 49.9. The van der Waals surface area contributed by atoms with Crippen molar-refractivity contribution in [3.05, 3.63) is 280 Å². The molecule has 0 saturated heterocycles. The van der Waals surface area contributed by atoms with E-state index in [1.165, 1.54) is 74.9 Å². The second-order valence-corrected chi connectivity index (χ2v) is 41.7. The lowest BCUT2D eigenvalue weighted by Gasteiger charge is -2.30. The number of amides is 5. The maximum atomic E-state index is 13.5. The third-order valence-corrected chi connectivity index (χ3v) is 30.2. The molecular weight excluding hydrogens is 1820 g/mol. The highest BCUT2D eigenvalue weighted by Crippen LogP contribution is 2.72. The average molecular weight is 1930 g/mol. The molecule has 25 nitrogen and oxygen atoms in total. The molecule has 5 heterocycles. The van der Waals surface area contributed by atoms with E-state index in [0.717, 1.165) is 102 Å². The summed E-state index contributed by atoms with van der Waals surface area (Å²) in [5, 5.41) is 69.1. The third-order valence-electron chi connectivity index (χ3n) is 29.7. The first-order valence-electron chi connectivity index (χ1n) is 48.3. The topological polar surface area (TPSA) is 336 Å². The summed E-state index contributed by atoms with van der Waals surface area (Å²) in [5.74, 6) is 1.14. The van der Waals surface area contributed by atoms with Gasteiger partial charge in [-0.15, -0.1) is 0 Å². The van der Waals surface area contributed by atoms with Crippen LogP contribution in [0.1, 0.15) is 217 Å². The third kappa shape index (κ3) is 20.0. The molecule has 0 bridgehead atoms. The van der Waals surface area contributed by atoms with E-state index in [4.69, 9.17) is 33.2 Å². The van der Waals surface area contributed by atoms with Crippen LogP contribution < -0.4 is 26.6 Å². The van der Waals surface area contributed by atoms with Gasteiger partial charge in [0.25, 0.3) is 0 Å². The monoisotopic (exact) mass is 1930 g/mol. The van der Waals surface area contributed by atoms with Crippen LogP contribution in [0, 0.1) is 51.5 Å². The number of rotatable bonds is 24. The summed E-state index contributed by atoms with van der Waals surface area (Å²) in [6.45, 7) is 14.2. The maximum Gasteiger partial charge on any atom is 0.230 e. The molecule has 0 radical (unpaired) electrons. The van der Waals surface area contributed by atoms with Crippen LogP contribution >= 0.6 is 23.2 Å². The van der Waals surface area contributed by atoms with E-state index in [0.29, 0.717) is 119 Å². The fraction of sp³-hybridized carbons (Fsp3) is 0.364. The number of carbonyl (C=O) groups excluding carboxylic acids is 5. The molecule has 10 N–H and O–H groups in total. The SMILES string of the molecule is CC(C)(O)c1ccc2nc(NC(=O)C3CC34CC4)n(-c3ccc(F)cc3)c2c1.CC(C)(O)c1ccc2nc(NC(=O)C3CC34CC4)n(C3CCC3)c2c1.CCC(O)(CC)c1ccc2nc(NC(=O)C3CC34CC4)n(C3CCC3)c2c1.C[C@@](O)(CC(=O)Nc1nc2ccc(Cl)cc2n1-c1ccc(F)cc1)c1ccccc1.C[C@](O)(CC(=O)Nc1nc2ccc(Cl)cc2n1-c1ccc(F)cc1)c1ccccc1. The van der Waals surface area contributed by atoms with Gasteiger partial charge in [0.15, 0.2) is 0 Å². The fourth-order valence-electron chi connectivity index (χ4n) is 19.7. The molecule has 3 unspecified atom stereocenters. The Labute approximate surface area is 818 Å². The number of hydrogen-bond acceptors (Lipinski definition) is 15. The van der Waals surface area contributed by atoms with Gasteiger partial charge in [0.1, 0.15) is 17.5 Å². The zero-order valence-corrected chi connectivity index (χ0v) is 80.8. The minimum absolute atomic E-state index is 0.00104. The molecular formula is C110H114Cl2F3N15O10. The van der Waals surface area contributed by atoms with E-state index >= 15 is 0 Å². The van der Waals surface area contributed by atoms with Crippen molar-refractivity contribution in [1.82, 2.24) is 47.8 Å². The average Bonchev–Trinajstić information content (AvgIpc) is 1.54. The van der Waals surface area contributed by atoms with Crippen LogP contribution in [0.5, 0.6) is 0 Å². The summed E-state index contributed by atoms with van der Waals surface area (Å²) >= 11 is 12.3. The molecule has 30 heteroatoms. The summed E-state index contributed by atoms with van der Waals surface area (Å²) in [6, 6.07) is 64.4. The number of aromatic nitrogens is 10. The van der Waals surface area contributed by atoms with E-state index < -0.39 is 39.8 Å². The van der Waals surface area contributed by atoms with Crippen molar-refractivity contribution in [2.45, 2.75) is 217 Å². The number of aliphatic hydroxyl groups is 5. The van der Waals surface area contributed by atoms with Crippen LogP contribution in [-0.4, -0.2) is 103 Å². The van der Waals surface area contributed by atoms with Gasteiger partial charge >= 0.3 is 0 Å². The van der Waals surface area contributed by atoms with Crippen molar-refractivity contribution in [3.63, 3.8) is 0 Å². The van der Waals surface area contributed by atoms with E-state index in [1.54, 1.807) is 172 Å². The Morgan fingerprint density at radius 2 is 0.643 bits per heavy atom. The van der Waals surface area contributed by atoms with Crippen LogP contribution in [-0.2, 0) is 52.0 Å². The lowest BCUT2D eigenvalue weighted by molar-refractivity contribution is -0.121. The second kappa shape index (κ2) is 37.3. The molecule has 15 aromatic rings. The number of fused-ring (bicyclic) bond motifs is 5. The molecule has 140 heavy (non-hydrogen) atoms. The normalized spacial score (nSPS) is 18.5. The van der Waals surface area contributed by atoms with E-state index in [-0.39, 0.29) is 83.1 Å². The van der Waals surface area contributed by atoms with Gasteiger partial charge in [-0.05, 0) is 340 Å².